The van der Waals surface area contributed by atoms with Crippen LogP contribution in [0.3, 0.4) is 0 Å². The number of aliphatic imine (C=N–C) groups is 1. The topological polar surface area (TPSA) is 55.3 Å². The summed E-state index contributed by atoms with van der Waals surface area (Å²) < 4.78 is 16.9. The van der Waals surface area contributed by atoms with E-state index in [1.54, 1.807) is 0 Å². The first-order valence-corrected chi connectivity index (χ1v) is 7.61. The molecule has 2 aliphatic heterocycles. The second-order valence-electron chi connectivity index (χ2n) is 5.08. The fraction of sp³-hybridized carbons (Fsp3) is 0.929. The molecule has 2 fully saturated rings. The number of morpholine rings is 1. The second kappa shape index (κ2) is 10.6. The van der Waals surface area contributed by atoms with Crippen LogP contribution in [0.5, 0.6) is 0 Å². The van der Waals surface area contributed by atoms with Crippen LogP contribution in [0.4, 0.5) is 0 Å². The monoisotopic (exact) mass is 413 g/mol. The van der Waals surface area contributed by atoms with Crippen molar-refractivity contribution in [3.05, 3.63) is 0 Å². The summed E-state index contributed by atoms with van der Waals surface area (Å²) in [5.41, 5.74) is 0. The van der Waals surface area contributed by atoms with Gasteiger partial charge in [-0.3, -0.25) is 4.99 Å². The summed E-state index contributed by atoms with van der Waals surface area (Å²) in [5, 5.41) is 3.34. The number of nitrogens with zero attached hydrogens (tertiary/aromatic N) is 2. The van der Waals surface area contributed by atoms with Crippen LogP contribution in [0.1, 0.15) is 19.8 Å². The standard InChI is InChI=1S/C14H27N3O3.HI/c1-3-18-9-6-16-14(15-2)17-7-10-20-13(11-17)12-5-4-8-19-12;/h12-13H,3-11H2,1-2H3,(H,15,16);1H. The van der Waals surface area contributed by atoms with Crippen molar-refractivity contribution in [3.8, 4) is 0 Å². The summed E-state index contributed by atoms with van der Waals surface area (Å²) in [4.78, 5) is 6.60. The molecular weight excluding hydrogens is 385 g/mol. The van der Waals surface area contributed by atoms with Crippen LogP contribution >= 0.6 is 24.0 Å². The van der Waals surface area contributed by atoms with E-state index in [9.17, 15) is 0 Å². The summed E-state index contributed by atoms with van der Waals surface area (Å²) >= 11 is 0. The predicted octanol–water partition coefficient (Wildman–Crippen LogP) is 1.10. The predicted molar refractivity (Wildman–Crippen MR) is 93.6 cm³/mol. The lowest BCUT2D eigenvalue weighted by Gasteiger charge is -2.37. The zero-order valence-corrected chi connectivity index (χ0v) is 15.4. The molecule has 0 aliphatic carbocycles. The van der Waals surface area contributed by atoms with Gasteiger partial charge in [0, 0.05) is 39.9 Å². The van der Waals surface area contributed by atoms with Crippen LogP contribution in [-0.4, -0.2) is 76.2 Å². The van der Waals surface area contributed by atoms with Gasteiger partial charge < -0.3 is 24.4 Å². The van der Waals surface area contributed by atoms with Gasteiger partial charge in [-0.15, -0.1) is 24.0 Å². The highest BCUT2D eigenvalue weighted by atomic mass is 127. The number of nitrogens with one attached hydrogen (secondary N) is 1. The van der Waals surface area contributed by atoms with Crippen LogP contribution in [0, 0.1) is 0 Å². The number of hydrogen-bond donors (Lipinski definition) is 1. The Kier molecular flexibility index (Phi) is 9.54. The normalized spacial score (nSPS) is 26.6. The molecule has 2 atom stereocenters. The van der Waals surface area contributed by atoms with Gasteiger partial charge in [-0.25, -0.2) is 0 Å². The number of guanidine groups is 1. The third-order valence-electron chi connectivity index (χ3n) is 3.72. The molecular formula is C14H28IN3O3. The Morgan fingerprint density at radius 3 is 2.81 bits per heavy atom. The van der Waals surface area contributed by atoms with Crippen LogP contribution in [0.2, 0.25) is 0 Å². The molecule has 0 saturated carbocycles. The van der Waals surface area contributed by atoms with E-state index in [4.69, 9.17) is 14.2 Å². The third-order valence-corrected chi connectivity index (χ3v) is 3.72. The van der Waals surface area contributed by atoms with Crippen molar-refractivity contribution in [1.29, 1.82) is 0 Å². The maximum Gasteiger partial charge on any atom is 0.193 e. The van der Waals surface area contributed by atoms with Crippen molar-refractivity contribution < 1.29 is 14.2 Å². The van der Waals surface area contributed by atoms with E-state index >= 15 is 0 Å². The van der Waals surface area contributed by atoms with Crippen molar-refractivity contribution in [2.75, 3.05) is 53.1 Å². The number of rotatable bonds is 5. The van der Waals surface area contributed by atoms with E-state index in [2.05, 4.69) is 15.2 Å². The van der Waals surface area contributed by atoms with E-state index in [0.717, 1.165) is 58.3 Å². The smallest absolute Gasteiger partial charge is 0.193 e. The van der Waals surface area contributed by atoms with Crippen LogP contribution in [0.25, 0.3) is 0 Å². The molecule has 1 N–H and O–H groups in total. The summed E-state index contributed by atoms with van der Waals surface area (Å²) in [5.74, 6) is 0.927. The Labute approximate surface area is 144 Å². The van der Waals surface area contributed by atoms with E-state index in [1.165, 1.54) is 0 Å². The number of hydrogen-bond acceptors (Lipinski definition) is 4. The van der Waals surface area contributed by atoms with E-state index in [0.29, 0.717) is 6.61 Å². The summed E-state index contributed by atoms with van der Waals surface area (Å²) in [7, 11) is 1.82. The third kappa shape index (κ3) is 5.88. The maximum absolute atomic E-state index is 5.86. The molecule has 0 aromatic carbocycles. The van der Waals surface area contributed by atoms with Crippen molar-refractivity contribution >= 4 is 29.9 Å². The maximum atomic E-state index is 5.86. The molecule has 0 bridgehead atoms. The lowest BCUT2D eigenvalue weighted by atomic mass is 10.1. The number of ether oxygens (including phenoxy) is 3. The number of halogens is 1. The minimum absolute atomic E-state index is 0. The van der Waals surface area contributed by atoms with Gasteiger partial charge in [-0.2, -0.15) is 0 Å². The van der Waals surface area contributed by atoms with Crippen LogP contribution in [-0.2, 0) is 14.2 Å². The highest BCUT2D eigenvalue weighted by Crippen LogP contribution is 2.20. The Bertz CT molecular complexity index is 312. The van der Waals surface area contributed by atoms with Crippen LogP contribution in [0.15, 0.2) is 4.99 Å². The van der Waals surface area contributed by atoms with Crippen molar-refractivity contribution in [1.82, 2.24) is 10.2 Å². The summed E-state index contributed by atoms with van der Waals surface area (Å²) in [6.07, 6.45) is 2.66. The largest absolute Gasteiger partial charge is 0.380 e. The molecule has 7 heteroatoms. The van der Waals surface area contributed by atoms with Gasteiger partial charge in [0.1, 0.15) is 6.10 Å². The second-order valence-corrected chi connectivity index (χ2v) is 5.08. The molecule has 2 unspecified atom stereocenters. The Morgan fingerprint density at radius 2 is 2.14 bits per heavy atom. The van der Waals surface area contributed by atoms with Gasteiger partial charge in [0.2, 0.25) is 0 Å². The summed E-state index contributed by atoms with van der Waals surface area (Å²) in [6, 6.07) is 0. The summed E-state index contributed by atoms with van der Waals surface area (Å²) in [6.45, 7) is 7.55. The van der Waals surface area contributed by atoms with Crippen molar-refractivity contribution in [2.24, 2.45) is 4.99 Å². The first kappa shape index (κ1) is 18.9. The van der Waals surface area contributed by atoms with Crippen molar-refractivity contribution in [2.45, 2.75) is 32.0 Å². The fourth-order valence-corrected chi connectivity index (χ4v) is 2.70. The Morgan fingerprint density at radius 1 is 1.33 bits per heavy atom. The molecule has 2 heterocycles. The first-order valence-electron chi connectivity index (χ1n) is 7.61. The zero-order chi connectivity index (χ0) is 14.2. The molecule has 124 valence electrons. The molecule has 0 amide bonds. The first-order chi connectivity index (χ1) is 9.85. The Hall–Kier alpha value is -0.120. The zero-order valence-electron chi connectivity index (χ0n) is 13.0. The van der Waals surface area contributed by atoms with Gasteiger partial charge in [0.25, 0.3) is 0 Å². The van der Waals surface area contributed by atoms with Gasteiger partial charge in [-0.1, -0.05) is 0 Å². The average molecular weight is 413 g/mol. The van der Waals surface area contributed by atoms with Crippen LogP contribution < -0.4 is 5.32 Å². The van der Waals surface area contributed by atoms with Gasteiger partial charge >= 0.3 is 0 Å². The van der Waals surface area contributed by atoms with E-state index in [1.807, 2.05) is 14.0 Å². The van der Waals surface area contributed by atoms with Gasteiger partial charge in [-0.05, 0) is 19.8 Å². The average Bonchev–Trinajstić information content (AvgIpc) is 3.02. The minimum Gasteiger partial charge on any atom is -0.380 e. The molecule has 0 aromatic heterocycles. The highest BCUT2D eigenvalue weighted by molar-refractivity contribution is 14.0. The highest BCUT2D eigenvalue weighted by Gasteiger charge is 2.32. The minimum atomic E-state index is 0. The molecule has 0 radical (unpaired) electrons. The lowest BCUT2D eigenvalue weighted by Crippen LogP contribution is -2.53. The van der Waals surface area contributed by atoms with E-state index < -0.39 is 0 Å². The van der Waals surface area contributed by atoms with E-state index in [-0.39, 0.29) is 36.2 Å². The molecule has 2 rings (SSSR count). The molecule has 21 heavy (non-hydrogen) atoms. The molecule has 0 spiro atoms. The quantitative estimate of drug-likeness (QED) is 0.317. The van der Waals surface area contributed by atoms with Gasteiger partial charge in [0.15, 0.2) is 5.96 Å². The molecule has 2 aliphatic rings. The van der Waals surface area contributed by atoms with Crippen molar-refractivity contribution in [3.63, 3.8) is 0 Å². The molecule has 0 aromatic rings. The van der Waals surface area contributed by atoms with Gasteiger partial charge in [0.05, 0.1) is 19.3 Å². The lowest BCUT2D eigenvalue weighted by molar-refractivity contribution is -0.0817. The SMILES string of the molecule is CCOCCNC(=NC)N1CCOC(C2CCCO2)C1.I. The molecule has 6 nitrogen and oxygen atoms in total. The Balaban J connectivity index is 0.00000220. The fourth-order valence-electron chi connectivity index (χ4n) is 2.70. The molecule has 2 saturated heterocycles.